The van der Waals surface area contributed by atoms with Gasteiger partial charge in [-0.25, -0.2) is 4.39 Å². The number of nitrogens with zero attached hydrogens (tertiary/aromatic N) is 1. The van der Waals surface area contributed by atoms with Crippen LogP contribution in [0.4, 0.5) is 4.39 Å². The summed E-state index contributed by atoms with van der Waals surface area (Å²) >= 11 is 5.97. The molecule has 0 radical (unpaired) electrons. The molecule has 1 aliphatic heterocycles. The number of methoxy groups -OCH3 is 1. The van der Waals surface area contributed by atoms with Gasteiger partial charge >= 0.3 is 0 Å². The second-order valence-electron chi connectivity index (χ2n) is 6.95. The molecule has 2 aromatic carbocycles. The number of carbonyl (C=O) groups excluding carboxylic acids is 1. The van der Waals surface area contributed by atoms with Crippen LogP contribution in [0.2, 0.25) is 0 Å². The van der Waals surface area contributed by atoms with Crippen LogP contribution in [0, 0.1) is 5.82 Å². The summed E-state index contributed by atoms with van der Waals surface area (Å²) in [7, 11) is 1.65. The van der Waals surface area contributed by atoms with Gasteiger partial charge in [0.1, 0.15) is 17.4 Å². The number of rotatable bonds is 6. The topological polar surface area (TPSA) is 29.5 Å². The van der Waals surface area contributed by atoms with Crippen molar-refractivity contribution < 1.29 is 13.9 Å². The third-order valence-electron chi connectivity index (χ3n) is 5.25. The van der Waals surface area contributed by atoms with Crippen LogP contribution in [-0.4, -0.2) is 29.8 Å². The van der Waals surface area contributed by atoms with Gasteiger partial charge in [-0.15, -0.1) is 11.6 Å². The van der Waals surface area contributed by atoms with Crippen molar-refractivity contribution >= 4 is 17.5 Å². The molecular weight excluding hydrogens is 365 g/mol. The normalized spacial score (nSPS) is 18.9. The molecule has 0 aromatic heterocycles. The monoisotopic (exact) mass is 389 g/mol. The van der Waals surface area contributed by atoms with Crippen molar-refractivity contribution in [3.8, 4) is 5.75 Å². The Morgan fingerprint density at radius 3 is 2.63 bits per heavy atom. The number of unbranched alkanes of at least 4 members (excludes halogenated alkanes) is 1. The van der Waals surface area contributed by atoms with E-state index in [-0.39, 0.29) is 29.7 Å². The zero-order valence-electron chi connectivity index (χ0n) is 15.8. The highest BCUT2D eigenvalue weighted by Gasteiger charge is 2.37. The number of hydrogen-bond donors (Lipinski definition) is 0. The van der Waals surface area contributed by atoms with Crippen LogP contribution in [0.15, 0.2) is 42.5 Å². The standard InChI is InChI=1S/C22H25ClFNO2/c1-3-4-5-18-12-16-13-19(27-2)10-11-20(16)22(25(18)21(26)14-23)15-6-8-17(24)9-7-15/h6-11,13,18,22H,3-5,12,14H2,1-2H3/t18-,22-/m0/s1. The minimum absolute atomic E-state index is 0.0610. The predicted octanol–water partition coefficient (Wildman–Crippen LogP) is 5.11. The van der Waals surface area contributed by atoms with Gasteiger partial charge in [-0.1, -0.05) is 38.0 Å². The quantitative estimate of drug-likeness (QED) is 0.643. The van der Waals surface area contributed by atoms with E-state index >= 15 is 0 Å². The molecule has 1 amide bonds. The Bertz CT molecular complexity index is 793. The number of alkyl halides is 1. The van der Waals surface area contributed by atoms with E-state index in [1.165, 1.54) is 17.7 Å². The fourth-order valence-electron chi connectivity index (χ4n) is 3.95. The second-order valence-corrected chi connectivity index (χ2v) is 7.22. The van der Waals surface area contributed by atoms with Crippen molar-refractivity contribution in [3.05, 3.63) is 65.0 Å². The van der Waals surface area contributed by atoms with E-state index in [2.05, 4.69) is 6.92 Å². The summed E-state index contributed by atoms with van der Waals surface area (Å²) < 4.78 is 18.9. The molecule has 2 atom stereocenters. The number of benzene rings is 2. The van der Waals surface area contributed by atoms with E-state index in [9.17, 15) is 9.18 Å². The van der Waals surface area contributed by atoms with E-state index in [0.29, 0.717) is 0 Å². The molecule has 0 aliphatic carbocycles. The molecule has 0 N–H and O–H groups in total. The number of carbonyl (C=O) groups is 1. The first-order valence-corrected chi connectivity index (χ1v) is 9.91. The van der Waals surface area contributed by atoms with E-state index in [1.54, 1.807) is 19.2 Å². The minimum atomic E-state index is -0.290. The van der Waals surface area contributed by atoms with Crippen molar-refractivity contribution in [2.45, 2.75) is 44.7 Å². The van der Waals surface area contributed by atoms with Gasteiger partial charge in [0.05, 0.1) is 13.2 Å². The Kier molecular flexibility index (Phi) is 6.38. The van der Waals surface area contributed by atoms with Crippen LogP contribution < -0.4 is 4.74 Å². The maximum atomic E-state index is 13.5. The lowest BCUT2D eigenvalue weighted by Gasteiger charge is -2.44. The first-order valence-electron chi connectivity index (χ1n) is 9.38. The first-order chi connectivity index (χ1) is 13.1. The Morgan fingerprint density at radius 1 is 1.26 bits per heavy atom. The molecule has 0 fully saturated rings. The molecule has 0 saturated heterocycles. The number of amides is 1. The maximum absolute atomic E-state index is 13.5. The van der Waals surface area contributed by atoms with Gasteiger partial charge in [-0.3, -0.25) is 4.79 Å². The van der Waals surface area contributed by atoms with Crippen LogP contribution in [0.3, 0.4) is 0 Å². The van der Waals surface area contributed by atoms with E-state index < -0.39 is 0 Å². The van der Waals surface area contributed by atoms with E-state index in [1.807, 2.05) is 23.1 Å². The SMILES string of the molecule is CCCC[C@H]1Cc2cc(OC)ccc2[C@H](c2ccc(F)cc2)N1C(=O)CCl. The second kappa shape index (κ2) is 8.75. The van der Waals surface area contributed by atoms with E-state index in [4.69, 9.17) is 16.3 Å². The highest BCUT2D eigenvalue weighted by Crippen LogP contribution is 2.40. The van der Waals surface area contributed by atoms with Crippen LogP contribution >= 0.6 is 11.6 Å². The van der Waals surface area contributed by atoms with Crippen molar-refractivity contribution in [1.82, 2.24) is 4.90 Å². The molecule has 1 aliphatic rings. The molecule has 1 heterocycles. The third-order valence-corrected chi connectivity index (χ3v) is 5.48. The maximum Gasteiger partial charge on any atom is 0.238 e. The third kappa shape index (κ3) is 4.11. The summed E-state index contributed by atoms with van der Waals surface area (Å²) in [5, 5.41) is 0. The number of ether oxygens (including phenoxy) is 1. The van der Waals surface area contributed by atoms with Gasteiger partial charge in [0.25, 0.3) is 0 Å². The molecule has 144 valence electrons. The van der Waals surface area contributed by atoms with Gasteiger partial charge in [-0.2, -0.15) is 0 Å². The lowest BCUT2D eigenvalue weighted by atomic mass is 9.83. The Morgan fingerprint density at radius 2 is 2.00 bits per heavy atom. The Labute approximate surface area is 165 Å². The summed E-state index contributed by atoms with van der Waals surface area (Å²) in [6, 6.07) is 12.1. The Hall–Kier alpha value is -2.07. The highest BCUT2D eigenvalue weighted by molar-refractivity contribution is 6.27. The van der Waals surface area contributed by atoms with Crippen LogP contribution in [0.5, 0.6) is 5.75 Å². The molecule has 3 rings (SSSR count). The largest absolute Gasteiger partial charge is 0.497 e. The molecule has 5 heteroatoms. The van der Waals surface area contributed by atoms with Crippen LogP contribution in [0.1, 0.15) is 48.9 Å². The highest BCUT2D eigenvalue weighted by atomic mass is 35.5. The fourth-order valence-corrected chi connectivity index (χ4v) is 4.09. The average molecular weight is 390 g/mol. The lowest BCUT2D eigenvalue weighted by Crippen LogP contribution is -2.48. The molecule has 0 spiro atoms. The lowest BCUT2D eigenvalue weighted by molar-refractivity contribution is -0.133. The summed E-state index contributed by atoms with van der Waals surface area (Å²) in [4.78, 5) is 14.7. The number of halogens is 2. The van der Waals surface area contributed by atoms with Gasteiger partial charge in [0.2, 0.25) is 5.91 Å². The van der Waals surface area contributed by atoms with Gasteiger partial charge < -0.3 is 9.64 Å². The van der Waals surface area contributed by atoms with Crippen LogP contribution in [-0.2, 0) is 11.2 Å². The summed E-state index contributed by atoms with van der Waals surface area (Å²) in [5.41, 5.74) is 3.11. The average Bonchev–Trinajstić information content (AvgIpc) is 2.70. The summed E-state index contributed by atoms with van der Waals surface area (Å²) in [6.07, 6.45) is 3.78. The zero-order chi connectivity index (χ0) is 19.4. The molecular formula is C22H25ClFNO2. The van der Waals surface area contributed by atoms with Crippen molar-refractivity contribution in [1.29, 1.82) is 0 Å². The molecule has 0 unspecified atom stereocenters. The summed E-state index contributed by atoms with van der Waals surface area (Å²) in [6.45, 7) is 2.14. The van der Waals surface area contributed by atoms with E-state index in [0.717, 1.165) is 42.6 Å². The number of hydrogen-bond acceptors (Lipinski definition) is 2. The Balaban J connectivity index is 2.13. The molecule has 2 aromatic rings. The first kappa shape index (κ1) is 19.7. The molecule has 3 nitrogen and oxygen atoms in total. The smallest absolute Gasteiger partial charge is 0.238 e. The number of fused-ring (bicyclic) bond motifs is 1. The predicted molar refractivity (Wildman–Crippen MR) is 106 cm³/mol. The fraction of sp³-hybridized carbons (Fsp3) is 0.409. The molecule has 27 heavy (non-hydrogen) atoms. The van der Waals surface area contributed by atoms with Gasteiger partial charge in [-0.05, 0) is 53.8 Å². The van der Waals surface area contributed by atoms with Gasteiger partial charge in [0.15, 0.2) is 0 Å². The van der Waals surface area contributed by atoms with Crippen molar-refractivity contribution in [2.24, 2.45) is 0 Å². The molecule has 0 saturated carbocycles. The van der Waals surface area contributed by atoms with Crippen LogP contribution in [0.25, 0.3) is 0 Å². The summed E-state index contributed by atoms with van der Waals surface area (Å²) in [5.74, 6) is 0.361. The minimum Gasteiger partial charge on any atom is -0.497 e. The van der Waals surface area contributed by atoms with Gasteiger partial charge in [0, 0.05) is 6.04 Å². The van der Waals surface area contributed by atoms with Crippen molar-refractivity contribution in [3.63, 3.8) is 0 Å². The zero-order valence-corrected chi connectivity index (χ0v) is 16.5. The molecule has 0 bridgehead atoms. The van der Waals surface area contributed by atoms with Crippen molar-refractivity contribution in [2.75, 3.05) is 13.0 Å².